The number of hydrogen-bond donors (Lipinski definition) is 0. The molecule has 0 amide bonds. The van der Waals surface area contributed by atoms with E-state index in [1.165, 1.54) is 6.42 Å². The lowest BCUT2D eigenvalue weighted by Gasteiger charge is -2.28. The van der Waals surface area contributed by atoms with Gasteiger partial charge in [0.2, 0.25) is 10.0 Å². The quantitative estimate of drug-likeness (QED) is 0.803. The first kappa shape index (κ1) is 15.9. The third-order valence-electron chi connectivity index (χ3n) is 5.17. The Bertz CT molecular complexity index is 605. The van der Waals surface area contributed by atoms with Crippen molar-refractivity contribution in [3.63, 3.8) is 0 Å². The molecule has 1 saturated heterocycles. The van der Waals surface area contributed by atoms with E-state index < -0.39 is 10.0 Å². The van der Waals surface area contributed by atoms with E-state index in [9.17, 15) is 8.42 Å². The molecule has 5 nitrogen and oxygen atoms in total. The summed E-state index contributed by atoms with van der Waals surface area (Å²) in [6, 6.07) is 3.90. The van der Waals surface area contributed by atoms with Crippen LogP contribution in [-0.2, 0) is 21.4 Å². The van der Waals surface area contributed by atoms with Gasteiger partial charge in [0, 0.05) is 30.9 Å². The minimum atomic E-state index is -3.09. The minimum Gasteiger partial charge on any atom is -0.376 e. The first-order chi connectivity index (χ1) is 10.6. The van der Waals surface area contributed by atoms with E-state index in [1.54, 1.807) is 23.6 Å². The molecule has 3 rings (SSSR count). The number of ether oxygens (including phenoxy) is 1. The SMILES string of the molecule is CCS(=O)(=O)N1C[C@H]2CCC[C@]2(COCc2ccncc2)C1. The highest BCUT2D eigenvalue weighted by molar-refractivity contribution is 7.89. The maximum Gasteiger partial charge on any atom is 0.213 e. The molecule has 0 bridgehead atoms. The summed E-state index contributed by atoms with van der Waals surface area (Å²) >= 11 is 0. The highest BCUT2D eigenvalue weighted by Gasteiger charge is 2.51. The van der Waals surface area contributed by atoms with Gasteiger partial charge in [-0.25, -0.2) is 12.7 Å². The first-order valence-electron chi connectivity index (χ1n) is 8.00. The van der Waals surface area contributed by atoms with Crippen molar-refractivity contribution in [2.24, 2.45) is 11.3 Å². The van der Waals surface area contributed by atoms with E-state index >= 15 is 0 Å². The standard InChI is InChI=1S/C16H24N2O3S/c1-2-22(19,20)18-10-15-4-3-7-16(15,12-18)13-21-11-14-5-8-17-9-6-14/h5-6,8-9,15H,2-4,7,10-13H2,1H3/t15-,16-/m1/s1. The number of nitrogens with zero attached hydrogens (tertiary/aromatic N) is 2. The summed E-state index contributed by atoms with van der Waals surface area (Å²) in [5.74, 6) is 0.638. The van der Waals surface area contributed by atoms with Gasteiger partial charge in [0.25, 0.3) is 0 Å². The van der Waals surface area contributed by atoms with Crippen molar-refractivity contribution >= 4 is 10.0 Å². The second-order valence-corrected chi connectivity index (χ2v) is 8.75. The largest absolute Gasteiger partial charge is 0.376 e. The summed E-state index contributed by atoms with van der Waals surface area (Å²) in [6.45, 7) is 4.24. The molecule has 2 heterocycles. The number of rotatable bonds is 6. The van der Waals surface area contributed by atoms with Gasteiger partial charge in [-0.1, -0.05) is 6.42 Å². The molecule has 2 atom stereocenters. The van der Waals surface area contributed by atoms with Crippen molar-refractivity contribution in [3.8, 4) is 0 Å². The second kappa shape index (κ2) is 6.26. The molecule has 1 aromatic rings. The zero-order valence-corrected chi connectivity index (χ0v) is 13.9. The number of pyridine rings is 1. The predicted octanol–water partition coefficient (Wildman–Crippen LogP) is 2.05. The van der Waals surface area contributed by atoms with Crippen molar-refractivity contribution in [3.05, 3.63) is 30.1 Å². The third-order valence-corrected chi connectivity index (χ3v) is 6.97. The van der Waals surface area contributed by atoms with Crippen LogP contribution in [0.4, 0.5) is 0 Å². The number of sulfonamides is 1. The molecule has 2 fully saturated rings. The molecule has 1 aromatic heterocycles. The molecule has 2 aliphatic rings. The van der Waals surface area contributed by atoms with Crippen molar-refractivity contribution < 1.29 is 13.2 Å². The van der Waals surface area contributed by atoms with E-state index in [0.717, 1.165) is 18.4 Å². The monoisotopic (exact) mass is 324 g/mol. The molecule has 22 heavy (non-hydrogen) atoms. The molecule has 0 aromatic carbocycles. The van der Waals surface area contributed by atoms with E-state index in [2.05, 4.69) is 4.98 Å². The summed E-state index contributed by atoms with van der Waals surface area (Å²) in [4.78, 5) is 4.00. The fourth-order valence-electron chi connectivity index (χ4n) is 3.85. The molecule has 122 valence electrons. The van der Waals surface area contributed by atoms with Crippen LogP contribution in [0.5, 0.6) is 0 Å². The molecule has 0 spiro atoms. The van der Waals surface area contributed by atoms with E-state index in [-0.39, 0.29) is 11.2 Å². The zero-order valence-electron chi connectivity index (χ0n) is 13.1. The van der Waals surface area contributed by atoms with Crippen molar-refractivity contribution in [1.29, 1.82) is 0 Å². The highest BCUT2D eigenvalue weighted by atomic mass is 32.2. The van der Waals surface area contributed by atoms with Crippen LogP contribution < -0.4 is 0 Å². The van der Waals surface area contributed by atoms with Gasteiger partial charge in [0.05, 0.1) is 19.0 Å². The summed E-state index contributed by atoms with van der Waals surface area (Å²) in [6.07, 6.45) is 6.91. The van der Waals surface area contributed by atoms with Crippen LogP contribution in [0.15, 0.2) is 24.5 Å². The molecule has 0 unspecified atom stereocenters. The van der Waals surface area contributed by atoms with Gasteiger partial charge in [-0.05, 0) is 43.4 Å². The van der Waals surface area contributed by atoms with Crippen molar-refractivity contribution in [1.82, 2.24) is 9.29 Å². The van der Waals surface area contributed by atoms with Gasteiger partial charge in [0.15, 0.2) is 0 Å². The van der Waals surface area contributed by atoms with E-state index in [1.807, 2.05) is 12.1 Å². The van der Waals surface area contributed by atoms with E-state index in [0.29, 0.717) is 32.2 Å². The van der Waals surface area contributed by atoms with Crippen molar-refractivity contribution in [2.45, 2.75) is 32.8 Å². The smallest absolute Gasteiger partial charge is 0.213 e. The Labute approximate surface area is 132 Å². The fourth-order valence-corrected chi connectivity index (χ4v) is 5.07. The Balaban J connectivity index is 1.63. The van der Waals surface area contributed by atoms with Gasteiger partial charge in [-0.3, -0.25) is 4.98 Å². The zero-order chi connectivity index (χ0) is 15.6. The lowest BCUT2D eigenvalue weighted by molar-refractivity contribution is 0.0291. The van der Waals surface area contributed by atoms with Gasteiger partial charge in [0.1, 0.15) is 0 Å². The van der Waals surface area contributed by atoms with Crippen LogP contribution in [0.1, 0.15) is 31.7 Å². The van der Waals surface area contributed by atoms with Crippen LogP contribution in [0.2, 0.25) is 0 Å². The molecule has 0 N–H and O–H groups in total. The number of aromatic nitrogens is 1. The normalized spacial score (nSPS) is 28.9. The molecule has 1 aliphatic heterocycles. The lowest BCUT2D eigenvalue weighted by atomic mass is 9.82. The summed E-state index contributed by atoms with van der Waals surface area (Å²) in [5, 5.41) is 0. The Kier molecular flexibility index (Phi) is 4.52. The van der Waals surface area contributed by atoms with Crippen LogP contribution in [0, 0.1) is 11.3 Å². The molecule has 1 aliphatic carbocycles. The highest BCUT2D eigenvalue weighted by Crippen LogP contribution is 2.49. The average molecular weight is 324 g/mol. The maximum atomic E-state index is 12.1. The Morgan fingerprint density at radius 2 is 2.18 bits per heavy atom. The van der Waals surface area contributed by atoms with Crippen LogP contribution in [0.25, 0.3) is 0 Å². The number of fused-ring (bicyclic) bond motifs is 1. The van der Waals surface area contributed by atoms with Crippen molar-refractivity contribution in [2.75, 3.05) is 25.4 Å². The summed E-state index contributed by atoms with van der Waals surface area (Å²) in [7, 11) is -3.09. The Morgan fingerprint density at radius 3 is 2.91 bits per heavy atom. The number of hydrogen-bond acceptors (Lipinski definition) is 4. The maximum absolute atomic E-state index is 12.1. The Morgan fingerprint density at radius 1 is 1.41 bits per heavy atom. The van der Waals surface area contributed by atoms with E-state index in [4.69, 9.17) is 4.74 Å². The molecular weight excluding hydrogens is 300 g/mol. The topological polar surface area (TPSA) is 59.5 Å². The molecule has 1 saturated carbocycles. The summed E-state index contributed by atoms with van der Waals surface area (Å²) < 4.78 is 31.9. The predicted molar refractivity (Wildman–Crippen MR) is 84.7 cm³/mol. The minimum absolute atomic E-state index is 0.0231. The first-order valence-corrected chi connectivity index (χ1v) is 9.61. The van der Waals surface area contributed by atoms with Crippen LogP contribution >= 0.6 is 0 Å². The van der Waals surface area contributed by atoms with Crippen LogP contribution in [0.3, 0.4) is 0 Å². The Hall–Kier alpha value is -0.980. The lowest BCUT2D eigenvalue weighted by Crippen LogP contribution is -2.35. The van der Waals surface area contributed by atoms with Gasteiger partial charge < -0.3 is 4.74 Å². The van der Waals surface area contributed by atoms with Gasteiger partial charge >= 0.3 is 0 Å². The fraction of sp³-hybridized carbons (Fsp3) is 0.688. The molecule has 0 radical (unpaired) electrons. The average Bonchev–Trinajstić information content (AvgIpc) is 3.06. The summed E-state index contributed by atoms with van der Waals surface area (Å²) in [5.41, 5.74) is 1.13. The molecular formula is C16H24N2O3S. The van der Waals surface area contributed by atoms with Crippen LogP contribution in [-0.4, -0.2) is 43.2 Å². The van der Waals surface area contributed by atoms with Gasteiger partial charge in [-0.15, -0.1) is 0 Å². The molecule has 6 heteroatoms. The van der Waals surface area contributed by atoms with Gasteiger partial charge in [-0.2, -0.15) is 0 Å². The second-order valence-electron chi connectivity index (χ2n) is 6.49. The third kappa shape index (κ3) is 3.05.